The van der Waals surface area contributed by atoms with Crippen molar-refractivity contribution in [1.29, 1.82) is 0 Å². The molecule has 0 fully saturated rings. The smallest absolute Gasteiger partial charge is 0.0836 e. The normalized spacial score (nSPS) is 16.5. The number of aliphatic hydroxyl groups excluding tert-OH is 1. The van der Waals surface area contributed by atoms with Crippen LogP contribution in [-0.4, -0.2) is 23.9 Å². The molecule has 2 heteroatoms. The van der Waals surface area contributed by atoms with Crippen LogP contribution in [0.1, 0.15) is 40.5 Å². The van der Waals surface area contributed by atoms with E-state index in [9.17, 15) is 5.11 Å². The fourth-order valence-corrected chi connectivity index (χ4v) is 1.28. The lowest BCUT2D eigenvalue weighted by molar-refractivity contribution is -0.0557. The van der Waals surface area contributed by atoms with Gasteiger partial charge in [-0.2, -0.15) is 0 Å². The van der Waals surface area contributed by atoms with E-state index in [1.807, 2.05) is 20.8 Å². The Balaban J connectivity index is 3.89. The number of hydrogen-bond donors (Lipinski definition) is 1. The lowest BCUT2D eigenvalue weighted by atomic mass is 9.99. The van der Waals surface area contributed by atoms with Crippen molar-refractivity contribution >= 4 is 0 Å². The summed E-state index contributed by atoms with van der Waals surface area (Å²) in [5.41, 5.74) is 0. The van der Waals surface area contributed by atoms with Crippen molar-refractivity contribution in [2.24, 2.45) is 5.92 Å². The van der Waals surface area contributed by atoms with Crippen LogP contribution in [0.5, 0.6) is 0 Å². The van der Waals surface area contributed by atoms with Gasteiger partial charge in [0, 0.05) is 6.61 Å². The standard InChI is InChI=1S/C10H22O2/c1-5-7-9(12-6-2)10(11)8(3)4/h8-11H,5-7H2,1-4H3. The monoisotopic (exact) mass is 174 g/mol. The highest BCUT2D eigenvalue weighted by atomic mass is 16.5. The van der Waals surface area contributed by atoms with Crippen LogP contribution in [0.3, 0.4) is 0 Å². The summed E-state index contributed by atoms with van der Waals surface area (Å²) in [4.78, 5) is 0. The Morgan fingerprint density at radius 1 is 1.25 bits per heavy atom. The molecule has 2 unspecified atom stereocenters. The molecular formula is C10H22O2. The van der Waals surface area contributed by atoms with E-state index in [0.29, 0.717) is 6.61 Å². The molecule has 12 heavy (non-hydrogen) atoms. The Morgan fingerprint density at radius 2 is 1.83 bits per heavy atom. The molecule has 0 aliphatic rings. The Morgan fingerprint density at radius 3 is 2.17 bits per heavy atom. The van der Waals surface area contributed by atoms with Crippen LogP contribution in [0, 0.1) is 5.92 Å². The van der Waals surface area contributed by atoms with Crippen LogP contribution >= 0.6 is 0 Å². The molecule has 0 aliphatic carbocycles. The molecule has 74 valence electrons. The predicted molar refractivity (Wildman–Crippen MR) is 51.2 cm³/mol. The highest BCUT2D eigenvalue weighted by molar-refractivity contribution is 4.71. The zero-order valence-corrected chi connectivity index (χ0v) is 8.71. The molecule has 0 heterocycles. The van der Waals surface area contributed by atoms with Crippen molar-refractivity contribution in [3.8, 4) is 0 Å². The van der Waals surface area contributed by atoms with Crippen LogP contribution in [-0.2, 0) is 4.74 Å². The van der Waals surface area contributed by atoms with E-state index in [1.54, 1.807) is 0 Å². The largest absolute Gasteiger partial charge is 0.390 e. The summed E-state index contributed by atoms with van der Waals surface area (Å²) in [6.45, 7) is 8.81. The third kappa shape index (κ3) is 4.07. The molecule has 0 saturated heterocycles. The molecule has 0 bridgehead atoms. The van der Waals surface area contributed by atoms with Gasteiger partial charge >= 0.3 is 0 Å². The highest BCUT2D eigenvalue weighted by Crippen LogP contribution is 2.14. The van der Waals surface area contributed by atoms with Gasteiger partial charge < -0.3 is 9.84 Å². The Hall–Kier alpha value is -0.0800. The molecule has 0 amide bonds. The van der Waals surface area contributed by atoms with Crippen molar-refractivity contribution in [1.82, 2.24) is 0 Å². The average Bonchev–Trinajstić information content (AvgIpc) is 2.03. The van der Waals surface area contributed by atoms with Gasteiger partial charge in [-0.1, -0.05) is 27.2 Å². The highest BCUT2D eigenvalue weighted by Gasteiger charge is 2.21. The minimum absolute atomic E-state index is 0.0278. The fraction of sp³-hybridized carbons (Fsp3) is 1.00. The van der Waals surface area contributed by atoms with Gasteiger partial charge in [0.15, 0.2) is 0 Å². The van der Waals surface area contributed by atoms with E-state index >= 15 is 0 Å². The summed E-state index contributed by atoms with van der Waals surface area (Å²) in [5.74, 6) is 0.285. The molecule has 0 aromatic carbocycles. The first-order valence-corrected chi connectivity index (χ1v) is 4.93. The van der Waals surface area contributed by atoms with Crippen LogP contribution in [0.2, 0.25) is 0 Å². The average molecular weight is 174 g/mol. The summed E-state index contributed by atoms with van der Waals surface area (Å²) in [6.07, 6.45) is 1.73. The van der Waals surface area contributed by atoms with Crippen LogP contribution < -0.4 is 0 Å². The van der Waals surface area contributed by atoms with Crippen LogP contribution in [0.4, 0.5) is 0 Å². The Labute approximate surface area is 75.9 Å². The first-order valence-electron chi connectivity index (χ1n) is 4.93. The predicted octanol–water partition coefficient (Wildman–Crippen LogP) is 2.21. The minimum Gasteiger partial charge on any atom is -0.390 e. The molecule has 0 spiro atoms. The number of rotatable bonds is 6. The van der Waals surface area contributed by atoms with Crippen molar-refractivity contribution in [2.45, 2.75) is 52.7 Å². The second-order valence-corrected chi connectivity index (χ2v) is 3.52. The van der Waals surface area contributed by atoms with Crippen molar-refractivity contribution in [2.75, 3.05) is 6.61 Å². The molecular weight excluding hydrogens is 152 g/mol. The molecule has 0 aromatic heterocycles. The molecule has 1 N–H and O–H groups in total. The SMILES string of the molecule is CCCC(OCC)C(O)C(C)C. The second kappa shape index (κ2) is 6.44. The van der Waals surface area contributed by atoms with Gasteiger partial charge in [-0.25, -0.2) is 0 Å². The summed E-state index contributed by atoms with van der Waals surface area (Å²) >= 11 is 0. The number of aliphatic hydroxyl groups is 1. The van der Waals surface area contributed by atoms with Crippen molar-refractivity contribution in [3.05, 3.63) is 0 Å². The van der Waals surface area contributed by atoms with Gasteiger partial charge in [0.1, 0.15) is 0 Å². The molecule has 0 aromatic rings. The summed E-state index contributed by atoms with van der Waals surface area (Å²) in [5, 5.41) is 9.72. The van der Waals surface area contributed by atoms with Gasteiger partial charge in [0.25, 0.3) is 0 Å². The van der Waals surface area contributed by atoms with Gasteiger partial charge in [-0.05, 0) is 19.3 Å². The molecule has 0 aliphatic heterocycles. The summed E-state index contributed by atoms with van der Waals surface area (Å²) < 4.78 is 5.46. The Bertz CT molecular complexity index is 96.0. The van der Waals surface area contributed by atoms with Crippen molar-refractivity contribution < 1.29 is 9.84 Å². The maximum atomic E-state index is 9.72. The van der Waals surface area contributed by atoms with Gasteiger partial charge in [-0.15, -0.1) is 0 Å². The third-order valence-corrected chi connectivity index (χ3v) is 2.02. The molecule has 0 rings (SSSR count). The molecule has 2 atom stereocenters. The minimum atomic E-state index is -0.315. The maximum Gasteiger partial charge on any atom is 0.0836 e. The maximum absolute atomic E-state index is 9.72. The summed E-state index contributed by atoms with van der Waals surface area (Å²) in [6, 6.07) is 0. The molecule has 0 saturated carbocycles. The summed E-state index contributed by atoms with van der Waals surface area (Å²) in [7, 11) is 0. The first-order chi connectivity index (χ1) is 5.63. The zero-order chi connectivity index (χ0) is 9.56. The van der Waals surface area contributed by atoms with E-state index in [2.05, 4.69) is 6.92 Å². The van der Waals surface area contributed by atoms with E-state index < -0.39 is 0 Å². The Kier molecular flexibility index (Phi) is 6.39. The van der Waals surface area contributed by atoms with E-state index in [0.717, 1.165) is 12.8 Å². The second-order valence-electron chi connectivity index (χ2n) is 3.52. The van der Waals surface area contributed by atoms with Crippen LogP contribution in [0.25, 0.3) is 0 Å². The van der Waals surface area contributed by atoms with Crippen molar-refractivity contribution in [3.63, 3.8) is 0 Å². The molecule has 0 radical (unpaired) electrons. The van der Waals surface area contributed by atoms with E-state index in [1.165, 1.54) is 0 Å². The van der Waals surface area contributed by atoms with Gasteiger partial charge in [0.2, 0.25) is 0 Å². The fourth-order valence-electron chi connectivity index (χ4n) is 1.28. The number of hydrogen-bond acceptors (Lipinski definition) is 2. The zero-order valence-electron chi connectivity index (χ0n) is 8.71. The van der Waals surface area contributed by atoms with Gasteiger partial charge in [0.05, 0.1) is 12.2 Å². The third-order valence-electron chi connectivity index (χ3n) is 2.02. The molecule has 2 nitrogen and oxygen atoms in total. The number of ether oxygens (including phenoxy) is 1. The van der Waals surface area contributed by atoms with E-state index in [4.69, 9.17) is 4.74 Å². The first kappa shape index (κ1) is 11.9. The van der Waals surface area contributed by atoms with Gasteiger partial charge in [-0.3, -0.25) is 0 Å². The topological polar surface area (TPSA) is 29.5 Å². The van der Waals surface area contributed by atoms with E-state index in [-0.39, 0.29) is 18.1 Å². The van der Waals surface area contributed by atoms with Crippen LogP contribution in [0.15, 0.2) is 0 Å². The lowest BCUT2D eigenvalue weighted by Gasteiger charge is -2.25. The quantitative estimate of drug-likeness (QED) is 0.669. The lowest BCUT2D eigenvalue weighted by Crippen LogP contribution is -2.33.